The summed E-state index contributed by atoms with van der Waals surface area (Å²) in [4.78, 5) is 22.6. The molecular formula is C13H15F2NO3S. The zero-order valence-corrected chi connectivity index (χ0v) is 11.7. The number of nitrogens with one attached hydrogen (secondary N) is 1. The highest BCUT2D eigenvalue weighted by Gasteiger charge is 2.19. The summed E-state index contributed by atoms with van der Waals surface area (Å²) in [5.41, 5.74) is 0.287. The van der Waals surface area contributed by atoms with Crippen molar-refractivity contribution in [3.63, 3.8) is 0 Å². The summed E-state index contributed by atoms with van der Waals surface area (Å²) in [6.07, 6.45) is 1.95. The number of hydrogen-bond acceptors (Lipinski definition) is 3. The van der Waals surface area contributed by atoms with Gasteiger partial charge >= 0.3 is 5.97 Å². The fraction of sp³-hybridized carbons (Fsp3) is 0.385. The average Bonchev–Trinajstić information content (AvgIpc) is 2.38. The lowest BCUT2D eigenvalue weighted by atomic mass is 10.1. The van der Waals surface area contributed by atoms with Crippen LogP contribution in [0.5, 0.6) is 0 Å². The van der Waals surface area contributed by atoms with Crippen molar-refractivity contribution >= 4 is 23.6 Å². The van der Waals surface area contributed by atoms with Crippen LogP contribution in [0.2, 0.25) is 0 Å². The van der Waals surface area contributed by atoms with Gasteiger partial charge in [0.15, 0.2) is 11.6 Å². The predicted octanol–water partition coefficient (Wildman–Crippen LogP) is 1.83. The van der Waals surface area contributed by atoms with Crippen molar-refractivity contribution in [1.82, 2.24) is 5.32 Å². The molecule has 0 fully saturated rings. The number of carbonyl (C=O) groups is 2. The van der Waals surface area contributed by atoms with Crippen LogP contribution in [0.1, 0.15) is 12.0 Å². The minimum Gasteiger partial charge on any atom is -0.480 e. The van der Waals surface area contributed by atoms with Crippen LogP contribution < -0.4 is 5.32 Å². The molecule has 1 unspecified atom stereocenters. The second kappa shape index (κ2) is 7.84. The van der Waals surface area contributed by atoms with Gasteiger partial charge in [0.25, 0.3) is 0 Å². The highest BCUT2D eigenvalue weighted by atomic mass is 32.2. The Balaban J connectivity index is 2.60. The van der Waals surface area contributed by atoms with Gasteiger partial charge in [0.2, 0.25) is 5.91 Å². The number of thioether (sulfide) groups is 1. The standard InChI is InChI=1S/C13H15F2NO3S/c1-20-5-4-11(13(18)19)16-12(17)7-8-2-3-9(14)10(15)6-8/h2-3,6,11H,4-5,7H2,1H3,(H,16,17)(H,18,19). The molecule has 0 aromatic heterocycles. The number of aliphatic carboxylic acids is 1. The number of rotatable bonds is 7. The molecule has 0 aliphatic heterocycles. The molecule has 1 atom stereocenters. The van der Waals surface area contributed by atoms with Crippen LogP contribution in [0.3, 0.4) is 0 Å². The van der Waals surface area contributed by atoms with Crippen molar-refractivity contribution in [2.45, 2.75) is 18.9 Å². The average molecular weight is 303 g/mol. The maximum absolute atomic E-state index is 13.0. The number of carboxylic acid groups (broad SMARTS) is 1. The van der Waals surface area contributed by atoms with Crippen molar-refractivity contribution < 1.29 is 23.5 Å². The van der Waals surface area contributed by atoms with Gasteiger partial charge in [0.05, 0.1) is 6.42 Å². The zero-order valence-electron chi connectivity index (χ0n) is 10.9. The second-order valence-electron chi connectivity index (χ2n) is 4.17. The predicted molar refractivity (Wildman–Crippen MR) is 72.6 cm³/mol. The Kier molecular flexibility index (Phi) is 6.44. The van der Waals surface area contributed by atoms with Gasteiger partial charge in [-0.05, 0) is 36.1 Å². The molecule has 0 spiro atoms. The first-order chi connectivity index (χ1) is 9.43. The largest absolute Gasteiger partial charge is 0.480 e. The monoisotopic (exact) mass is 303 g/mol. The highest BCUT2D eigenvalue weighted by Crippen LogP contribution is 2.09. The number of carbonyl (C=O) groups excluding carboxylic acids is 1. The molecule has 1 aromatic rings. The van der Waals surface area contributed by atoms with E-state index in [9.17, 15) is 18.4 Å². The smallest absolute Gasteiger partial charge is 0.326 e. The van der Waals surface area contributed by atoms with E-state index < -0.39 is 29.6 Å². The molecule has 0 aliphatic rings. The Labute approximate surface area is 119 Å². The number of hydrogen-bond donors (Lipinski definition) is 2. The van der Waals surface area contributed by atoms with Gasteiger partial charge in [-0.15, -0.1) is 0 Å². The van der Waals surface area contributed by atoms with Crippen molar-refractivity contribution in [3.05, 3.63) is 35.4 Å². The fourth-order valence-electron chi connectivity index (χ4n) is 1.57. The minimum atomic E-state index is -1.11. The number of benzene rings is 1. The summed E-state index contributed by atoms with van der Waals surface area (Å²) < 4.78 is 25.7. The molecule has 20 heavy (non-hydrogen) atoms. The van der Waals surface area contributed by atoms with Crippen LogP contribution >= 0.6 is 11.8 Å². The van der Waals surface area contributed by atoms with E-state index in [1.807, 2.05) is 6.26 Å². The van der Waals surface area contributed by atoms with Crippen molar-refractivity contribution in [3.8, 4) is 0 Å². The van der Waals surface area contributed by atoms with E-state index in [2.05, 4.69) is 5.32 Å². The Morgan fingerprint density at radius 1 is 1.35 bits per heavy atom. The molecule has 0 aliphatic carbocycles. The molecule has 0 bridgehead atoms. The van der Waals surface area contributed by atoms with Gasteiger partial charge in [-0.1, -0.05) is 6.07 Å². The lowest BCUT2D eigenvalue weighted by molar-refractivity contribution is -0.141. The molecule has 110 valence electrons. The van der Waals surface area contributed by atoms with Gasteiger partial charge in [-0.3, -0.25) is 4.79 Å². The molecule has 2 N–H and O–H groups in total. The molecule has 1 amide bonds. The maximum atomic E-state index is 13.0. The lowest BCUT2D eigenvalue weighted by Gasteiger charge is -2.14. The number of carboxylic acids is 1. The molecular weight excluding hydrogens is 288 g/mol. The lowest BCUT2D eigenvalue weighted by Crippen LogP contribution is -2.41. The van der Waals surface area contributed by atoms with E-state index >= 15 is 0 Å². The normalized spacial score (nSPS) is 11.9. The quantitative estimate of drug-likeness (QED) is 0.806. The summed E-state index contributed by atoms with van der Waals surface area (Å²) in [7, 11) is 0. The zero-order chi connectivity index (χ0) is 15.1. The first-order valence-corrected chi connectivity index (χ1v) is 7.28. The van der Waals surface area contributed by atoms with Crippen molar-refractivity contribution in [1.29, 1.82) is 0 Å². The third kappa shape index (κ3) is 5.16. The van der Waals surface area contributed by atoms with Crippen LogP contribution in [0, 0.1) is 11.6 Å². The van der Waals surface area contributed by atoms with Gasteiger partial charge in [0.1, 0.15) is 6.04 Å². The van der Waals surface area contributed by atoms with E-state index in [0.717, 1.165) is 12.1 Å². The van der Waals surface area contributed by atoms with Gasteiger partial charge < -0.3 is 10.4 Å². The molecule has 4 nitrogen and oxygen atoms in total. The molecule has 0 saturated heterocycles. The molecule has 0 heterocycles. The van der Waals surface area contributed by atoms with Crippen LogP contribution in [0.25, 0.3) is 0 Å². The Morgan fingerprint density at radius 3 is 2.60 bits per heavy atom. The van der Waals surface area contributed by atoms with Crippen LogP contribution in [0.15, 0.2) is 18.2 Å². The SMILES string of the molecule is CSCCC(NC(=O)Cc1ccc(F)c(F)c1)C(=O)O. The molecule has 0 radical (unpaired) electrons. The third-order valence-electron chi connectivity index (χ3n) is 2.59. The Morgan fingerprint density at radius 2 is 2.05 bits per heavy atom. The summed E-state index contributed by atoms with van der Waals surface area (Å²) in [6, 6.07) is 2.17. The first kappa shape index (κ1) is 16.4. The summed E-state index contributed by atoms with van der Waals surface area (Å²) in [5.74, 6) is -3.07. The second-order valence-corrected chi connectivity index (χ2v) is 5.15. The van der Waals surface area contributed by atoms with E-state index in [1.165, 1.54) is 17.8 Å². The fourth-order valence-corrected chi connectivity index (χ4v) is 2.04. The van der Waals surface area contributed by atoms with Crippen molar-refractivity contribution in [2.75, 3.05) is 12.0 Å². The summed E-state index contributed by atoms with van der Waals surface area (Å²) in [5, 5.41) is 11.3. The Hall–Kier alpha value is -1.63. The van der Waals surface area contributed by atoms with E-state index in [-0.39, 0.29) is 12.0 Å². The van der Waals surface area contributed by atoms with Crippen molar-refractivity contribution in [2.24, 2.45) is 0 Å². The highest BCUT2D eigenvalue weighted by molar-refractivity contribution is 7.98. The first-order valence-electron chi connectivity index (χ1n) is 5.89. The van der Waals surface area contributed by atoms with Gasteiger partial charge in [-0.25, -0.2) is 13.6 Å². The van der Waals surface area contributed by atoms with Crippen LogP contribution in [-0.4, -0.2) is 35.0 Å². The van der Waals surface area contributed by atoms with Crippen LogP contribution in [0.4, 0.5) is 8.78 Å². The number of amides is 1. The molecule has 1 aromatic carbocycles. The third-order valence-corrected chi connectivity index (χ3v) is 3.24. The molecule has 7 heteroatoms. The summed E-state index contributed by atoms with van der Waals surface area (Å²) >= 11 is 1.48. The van der Waals surface area contributed by atoms with Gasteiger partial charge in [0, 0.05) is 0 Å². The van der Waals surface area contributed by atoms with E-state index in [4.69, 9.17) is 5.11 Å². The topological polar surface area (TPSA) is 66.4 Å². The van der Waals surface area contributed by atoms with E-state index in [0.29, 0.717) is 12.2 Å². The Bertz CT molecular complexity index is 497. The summed E-state index contributed by atoms with van der Waals surface area (Å²) in [6.45, 7) is 0. The maximum Gasteiger partial charge on any atom is 0.326 e. The van der Waals surface area contributed by atoms with Gasteiger partial charge in [-0.2, -0.15) is 11.8 Å². The minimum absolute atomic E-state index is 0.194. The molecule has 1 rings (SSSR count). The number of halogens is 2. The van der Waals surface area contributed by atoms with E-state index in [1.54, 1.807) is 0 Å². The van der Waals surface area contributed by atoms with Crippen LogP contribution in [-0.2, 0) is 16.0 Å². The molecule has 0 saturated carbocycles.